The molecule has 15 nitrogen and oxygen atoms in total. The van der Waals surface area contributed by atoms with Gasteiger partial charge in [-0.25, -0.2) is 0 Å². The number of anilines is 1. The van der Waals surface area contributed by atoms with Crippen molar-refractivity contribution >= 4 is 80.4 Å². The Hall–Kier alpha value is -4.74. The molecule has 330 valence electrons. The Morgan fingerprint density at radius 1 is 0.984 bits per heavy atom. The average molecular weight is 899 g/mol. The number of unbranched alkanes of at least 4 members (excludes halogenated alkanes) is 3. The number of aromatic nitrogens is 3. The van der Waals surface area contributed by atoms with Crippen molar-refractivity contribution in [2.45, 2.75) is 64.5 Å². The fourth-order valence-electron chi connectivity index (χ4n) is 7.14. The fourth-order valence-corrected chi connectivity index (χ4v) is 8.53. The lowest BCUT2D eigenvalue weighted by Crippen LogP contribution is -2.37. The highest BCUT2D eigenvalue weighted by atomic mass is 35.5. The van der Waals surface area contributed by atoms with Gasteiger partial charge in [0.15, 0.2) is 0 Å². The number of hydrogen-bond donors (Lipinski definition) is 4. The van der Waals surface area contributed by atoms with Gasteiger partial charge in [0.25, 0.3) is 0 Å². The third-order valence-electron chi connectivity index (χ3n) is 10.5. The van der Waals surface area contributed by atoms with Gasteiger partial charge in [-0.1, -0.05) is 42.1 Å². The summed E-state index contributed by atoms with van der Waals surface area (Å²) in [6, 6.07) is 7.71. The lowest BCUT2D eigenvalue weighted by Gasteiger charge is -2.26. The molecule has 4 aromatic rings. The number of H-pyrrole nitrogens is 1. The van der Waals surface area contributed by atoms with Gasteiger partial charge in [0.05, 0.1) is 39.3 Å². The van der Waals surface area contributed by atoms with Crippen LogP contribution in [0.2, 0.25) is 10.0 Å². The van der Waals surface area contributed by atoms with Crippen molar-refractivity contribution in [3.8, 4) is 11.3 Å². The minimum Gasteiger partial charge on any atom is -0.387 e. The van der Waals surface area contributed by atoms with Gasteiger partial charge in [-0.3, -0.25) is 23.9 Å². The van der Waals surface area contributed by atoms with Crippen LogP contribution in [0.3, 0.4) is 0 Å². The molecule has 0 bridgehead atoms. The molecule has 4 N–H and O–H groups in total. The monoisotopic (exact) mass is 897 g/mol. The second-order valence-corrected chi connectivity index (χ2v) is 17.3. The Morgan fingerprint density at radius 2 is 1.75 bits per heavy atom. The number of likely N-dealkylation sites (N-methyl/N-ethyl adjacent to an activating group) is 2. The van der Waals surface area contributed by atoms with Crippen LogP contribution >= 0.6 is 34.5 Å². The molecule has 0 spiro atoms. The van der Waals surface area contributed by atoms with E-state index in [1.807, 2.05) is 50.4 Å². The first kappa shape index (κ1) is 47.3. The van der Waals surface area contributed by atoms with Crippen LogP contribution in [-0.4, -0.2) is 138 Å². The van der Waals surface area contributed by atoms with Gasteiger partial charge in [-0.15, -0.1) is 11.3 Å². The van der Waals surface area contributed by atoms with E-state index in [4.69, 9.17) is 28.3 Å². The Kier molecular flexibility index (Phi) is 18.2. The standard InChI is InChI=1S/C43H57Cl2N9O6S/c1-50(2)19-8-10-38(59)52(25-26-55)24-23-51(3)40-14-12-30(61-40)11-13-37(58)46-17-7-5-4-6-9-36(57)47-18-22-54-21-16-35(49-54)31-27-33(44)42(45)43-41(31)32-28-53(39(60)29-56)20-15-34(32)48-43/h8,10,12,14,16,21,26-27,48,56H,4-7,9,11,13,15,17-20,22-25,28-29H2,1-3H3,(H,46,58)(H,47,57)/b10-8+. The molecule has 5 rings (SSSR count). The second kappa shape index (κ2) is 23.5. The summed E-state index contributed by atoms with van der Waals surface area (Å²) in [5, 5.41) is 22.8. The van der Waals surface area contributed by atoms with Crippen LogP contribution < -0.4 is 15.5 Å². The molecule has 0 saturated carbocycles. The number of aromatic amines is 1. The number of aliphatic hydroxyl groups is 1. The normalized spacial score (nSPS) is 12.6. The molecule has 0 atom stereocenters. The zero-order valence-electron chi connectivity index (χ0n) is 35.2. The first-order chi connectivity index (χ1) is 29.4. The number of aryl methyl sites for hydroxylation is 1. The number of aliphatic hydroxyl groups excluding tert-OH is 1. The van der Waals surface area contributed by atoms with Gasteiger partial charge in [0.1, 0.15) is 12.9 Å². The quantitative estimate of drug-likeness (QED) is 0.0443. The second-order valence-electron chi connectivity index (χ2n) is 15.4. The molecule has 0 aliphatic carbocycles. The lowest BCUT2D eigenvalue weighted by molar-refractivity contribution is -0.135. The molecule has 18 heteroatoms. The highest BCUT2D eigenvalue weighted by molar-refractivity contribution is 7.16. The highest BCUT2D eigenvalue weighted by Gasteiger charge is 2.27. The molecule has 4 amide bonds. The Bertz CT molecular complexity index is 2170. The lowest BCUT2D eigenvalue weighted by atomic mass is 9.99. The number of amides is 4. The van der Waals surface area contributed by atoms with Gasteiger partial charge >= 0.3 is 0 Å². The largest absolute Gasteiger partial charge is 0.387 e. The van der Waals surface area contributed by atoms with E-state index in [0.29, 0.717) is 99.3 Å². The average Bonchev–Trinajstić information content (AvgIpc) is 4.01. The summed E-state index contributed by atoms with van der Waals surface area (Å²) in [5.74, 6) is -0.524. The van der Waals surface area contributed by atoms with E-state index in [1.165, 1.54) is 11.0 Å². The van der Waals surface area contributed by atoms with Gasteiger partial charge < -0.3 is 45.1 Å². The SMILES string of the molecule is CN(C)C/C=C/C(=O)N(CC=O)CCN(C)c1ccc(CCC(=O)NCCCCCCC(=O)NCCn2ccc(-c3cc(Cl)c(Cl)c4[nH]c5c(c34)CN(C(=O)CO)CC5)n2)s1. The number of carbonyl (C=O) groups is 5. The van der Waals surface area contributed by atoms with Crippen LogP contribution in [0.5, 0.6) is 0 Å². The molecule has 0 radical (unpaired) electrons. The van der Waals surface area contributed by atoms with Gasteiger partial charge in [0.2, 0.25) is 23.6 Å². The van der Waals surface area contributed by atoms with Crippen molar-refractivity contribution < 1.29 is 29.1 Å². The van der Waals surface area contributed by atoms with Crippen molar-refractivity contribution in [3.05, 3.63) is 68.8 Å². The number of benzene rings is 1. The first-order valence-corrected chi connectivity index (χ1v) is 22.3. The summed E-state index contributed by atoms with van der Waals surface area (Å²) in [6.07, 6.45) is 11.3. The maximum absolute atomic E-state index is 12.5. The molecular formula is C43H57Cl2N9O6S. The summed E-state index contributed by atoms with van der Waals surface area (Å²) in [6.45, 7) is 3.47. The summed E-state index contributed by atoms with van der Waals surface area (Å²) >= 11 is 14.8. The van der Waals surface area contributed by atoms with E-state index in [-0.39, 0.29) is 30.2 Å². The number of nitrogens with zero attached hydrogens (tertiary/aromatic N) is 6. The minimum absolute atomic E-state index is 0.00855. The number of halogens is 2. The van der Waals surface area contributed by atoms with Gasteiger partial charge in [0, 0.05) is 111 Å². The zero-order valence-corrected chi connectivity index (χ0v) is 37.5. The van der Waals surface area contributed by atoms with E-state index >= 15 is 0 Å². The predicted molar refractivity (Wildman–Crippen MR) is 241 cm³/mol. The highest BCUT2D eigenvalue weighted by Crippen LogP contribution is 2.42. The van der Waals surface area contributed by atoms with Crippen LogP contribution in [0.25, 0.3) is 22.2 Å². The molecule has 1 aliphatic rings. The number of nitrogens with one attached hydrogen (secondary N) is 3. The molecule has 4 heterocycles. The Morgan fingerprint density at radius 3 is 2.52 bits per heavy atom. The predicted octanol–water partition coefficient (Wildman–Crippen LogP) is 4.67. The molecule has 1 aromatic carbocycles. The third-order valence-corrected chi connectivity index (χ3v) is 12.6. The first-order valence-electron chi connectivity index (χ1n) is 20.7. The minimum atomic E-state index is -0.545. The smallest absolute Gasteiger partial charge is 0.248 e. The molecule has 0 fully saturated rings. The van der Waals surface area contributed by atoms with Crippen molar-refractivity contribution in [1.82, 2.24) is 40.1 Å². The maximum Gasteiger partial charge on any atom is 0.248 e. The van der Waals surface area contributed by atoms with Crippen molar-refractivity contribution in [3.63, 3.8) is 0 Å². The molecular weight excluding hydrogens is 842 g/mol. The van der Waals surface area contributed by atoms with E-state index < -0.39 is 6.61 Å². The summed E-state index contributed by atoms with van der Waals surface area (Å²) < 4.78 is 1.77. The van der Waals surface area contributed by atoms with E-state index in [0.717, 1.165) is 64.1 Å². The summed E-state index contributed by atoms with van der Waals surface area (Å²) in [5.41, 5.74) is 4.08. The van der Waals surface area contributed by atoms with Crippen LogP contribution in [0, 0.1) is 0 Å². The molecule has 0 unspecified atom stereocenters. The van der Waals surface area contributed by atoms with Crippen LogP contribution in [0.15, 0.2) is 42.6 Å². The van der Waals surface area contributed by atoms with Crippen LogP contribution in [0.4, 0.5) is 5.00 Å². The molecule has 61 heavy (non-hydrogen) atoms. The molecule has 1 aliphatic heterocycles. The Labute approximate surface area is 371 Å². The third kappa shape index (κ3) is 13.6. The van der Waals surface area contributed by atoms with Gasteiger partial charge in [-0.05, 0) is 57.6 Å². The van der Waals surface area contributed by atoms with Crippen molar-refractivity contribution in [2.75, 3.05) is 78.5 Å². The van der Waals surface area contributed by atoms with E-state index in [9.17, 15) is 29.1 Å². The maximum atomic E-state index is 12.5. The zero-order chi connectivity index (χ0) is 43.9. The number of aldehydes is 1. The fraction of sp³-hybridized carbons (Fsp3) is 0.488. The van der Waals surface area contributed by atoms with Crippen molar-refractivity contribution in [1.29, 1.82) is 0 Å². The van der Waals surface area contributed by atoms with Crippen LogP contribution in [-0.2, 0) is 49.9 Å². The van der Waals surface area contributed by atoms with Crippen LogP contribution in [0.1, 0.15) is 54.7 Å². The summed E-state index contributed by atoms with van der Waals surface area (Å²) in [4.78, 5) is 72.7. The number of thiophene rings is 1. The molecule has 3 aromatic heterocycles. The Balaban J connectivity index is 0.944. The van der Waals surface area contributed by atoms with E-state index in [1.54, 1.807) is 33.1 Å². The number of fused-ring (bicyclic) bond motifs is 3. The molecule has 0 saturated heterocycles. The number of hydrogen-bond acceptors (Lipinski definition) is 10. The topological polar surface area (TPSA) is 176 Å². The number of rotatable bonds is 24. The number of carbonyl (C=O) groups excluding carboxylic acids is 5. The van der Waals surface area contributed by atoms with Gasteiger partial charge in [-0.2, -0.15) is 5.10 Å². The summed E-state index contributed by atoms with van der Waals surface area (Å²) in [7, 11) is 5.79. The van der Waals surface area contributed by atoms with E-state index in [2.05, 4.69) is 20.5 Å². The van der Waals surface area contributed by atoms with Crippen molar-refractivity contribution in [2.24, 2.45) is 0 Å².